The molecule has 12 nitrogen and oxygen atoms in total. The molecule has 1 aromatic rings. The zero-order valence-corrected chi connectivity index (χ0v) is 20.2. The molecule has 16 heteroatoms. The summed E-state index contributed by atoms with van der Waals surface area (Å²) in [5.41, 5.74) is -0.420. The molecule has 4 N–H and O–H groups in total. The number of carbonyl (C=O) groups excluding carboxylic acids is 6. The lowest BCUT2D eigenvalue weighted by Crippen LogP contribution is -2.51. The van der Waals surface area contributed by atoms with Gasteiger partial charge >= 0.3 is 12.1 Å². The second-order valence-electron chi connectivity index (χ2n) is 6.59. The van der Waals surface area contributed by atoms with Crippen LogP contribution in [-0.2, 0) is 19.2 Å². The summed E-state index contributed by atoms with van der Waals surface area (Å²) in [4.78, 5) is 74.3. The molecule has 0 atom stereocenters. The Morgan fingerprint density at radius 3 is 1.00 bits per heavy atom. The Kier molecular flexibility index (Phi) is 5.54. The molecule has 5 rings (SSSR count). The lowest BCUT2D eigenvalue weighted by atomic mass is 10.2. The molecule has 4 aliphatic rings. The zero-order valence-electron chi connectivity index (χ0n) is 16.9. The molecular weight excluding hydrogens is 528 g/mol. The van der Waals surface area contributed by atoms with Gasteiger partial charge in [0.2, 0.25) is 0 Å². The third-order valence-corrected chi connectivity index (χ3v) is 9.84. The number of thioether (sulfide) groups is 4. The van der Waals surface area contributed by atoms with E-state index in [2.05, 4.69) is 0 Å². The van der Waals surface area contributed by atoms with E-state index in [0.29, 0.717) is 39.6 Å². The van der Waals surface area contributed by atoms with Crippen molar-refractivity contribution in [3.8, 4) is 11.5 Å². The molecule has 0 bridgehead atoms. The molecule has 0 aromatic heterocycles. The van der Waals surface area contributed by atoms with E-state index < -0.39 is 35.7 Å². The maximum absolute atomic E-state index is 12.3. The molecule has 2 saturated heterocycles. The van der Waals surface area contributed by atoms with E-state index in [1.807, 2.05) is 21.3 Å². The van der Waals surface area contributed by atoms with Gasteiger partial charge in [-0.25, -0.2) is 9.59 Å². The van der Waals surface area contributed by atoms with E-state index in [1.54, 1.807) is 0 Å². The van der Waals surface area contributed by atoms with Gasteiger partial charge in [-0.1, -0.05) is 47.0 Å². The first-order valence-corrected chi connectivity index (χ1v) is 12.3. The number of methoxy groups -OCH3 is 2. The fraction of sp³-hybridized carbons (Fsp3) is 0.111. The van der Waals surface area contributed by atoms with Crippen LogP contribution in [0.3, 0.4) is 0 Å². The predicted molar refractivity (Wildman–Crippen MR) is 120 cm³/mol. The minimum absolute atomic E-state index is 0.210. The van der Waals surface area contributed by atoms with Crippen molar-refractivity contribution in [3.05, 3.63) is 19.6 Å². The minimum Gasteiger partial charge on any atom is -0.494 e. The standard InChI is InChI=1S/C18H10N4O8S4/c1-29-5-7-9(33-15(31-7)3-11(23)19-17(27)20-12(3)24)6(30-2)10-8(5)32-16(34-10)4-13(25)21-18(28)22-14(4)26/h1-2H3,(H2,19,20,23,24,27)(H2,21,22,25,26,28). The molecule has 0 unspecified atom stereocenters. The zero-order chi connectivity index (χ0) is 24.3. The van der Waals surface area contributed by atoms with Gasteiger partial charge in [0.15, 0.2) is 0 Å². The van der Waals surface area contributed by atoms with Crippen LogP contribution in [0.25, 0.3) is 0 Å². The van der Waals surface area contributed by atoms with Crippen molar-refractivity contribution in [1.29, 1.82) is 0 Å². The van der Waals surface area contributed by atoms with Crippen LogP contribution in [-0.4, -0.2) is 49.9 Å². The molecule has 8 amide bonds. The normalized spacial score (nSPS) is 19.5. The summed E-state index contributed by atoms with van der Waals surface area (Å²) in [5, 5.41) is 8.19. The number of ether oxygens (including phenoxy) is 2. The van der Waals surface area contributed by atoms with Crippen LogP contribution < -0.4 is 30.7 Å². The Hall–Kier alpha value is -3.08. The lowest BCUT2D eigenvalue weighted by molar-refractivity contribution is -0.125. The number of barbiturate groups is 2. The van der Waals surface area contributed by atoms with Crippen molar-refractivity contribution >= 4 is 82.7 Å². The highest BCUT2D eigenvalue weighted by atomic mass is 32.2. The number of hydrogen-bond donors (Lipinski definition) is 4. The molecule has 2 fully saturated rings. The SMILES string of the molecule is COc1c2c(c(OC)c3c1SC(=C1C(=O)NC(=O)NC1=O)S3)SC(=C1C(=O)NC(=O)NC1=O)S2. The first kappa shape index (κ1) is 22.7. The maximum atomic E-state index is 12.3. The van der Waals surface area contributed by atoms with Gasteiger partial charge in [0.25, 0.3) is 23.6 Å². The number of fused-ring (bicyclic) bond motifs is 2. The van der Waals surface area contributed by atoms with Crippen LogP contribution in [0.15, 0.2) is 39.2 Å². The van der Waals surface area contributed by atoms with E-state index in [4.69, 9.17) is 9.47 Å². The van der Waals surface area contributed by atoms with E-state index in [9.17, 15) is 28.8 Å². The largest absolute Gasteiger partial charge is 0.494 e. The highest BCUT2D eigenvalue weighted by Crippen LogP contribution is 2.68. The number of rotatable bonds is 2. The third-order valence-electron chi connectivity index (χ3n) is 4.65. The van der Waals surface area contributed by atoms with Crippen molar-refractivity contribution in [2.75, 3.05) is 14.2 Å². The molecule has 0 saturated carbocycles. The van der Waals surface area contributed by atoms with Gasteiger partial charge in [0.1, 0.15) is 22.6 Å². The van der Waals surface area contributed by atoms with Crippen LogP contribution in [0, 0.1) is 0 Å². The highest BCUT2D eigenvalue weighted by Gasteiger charge is 2.42. The molecule has 4 heterocycles. The molecule has 1 aromatic carbocycles. The summed E-state index contributed by atoms with van der Waals surface area (Å²) in [5.74, 6) is -2.48. The summed E-state index contributed by atoms with van der Waals surface area (Å²) in [6.07, 6.45) is 0. The summed E-state index contributed by atoms with van der Waals surface area (Å²) >= 11 is 4.40. The molecule has 0 radical (unpaired) electrons. The van der Waals surface area contributed by atoms with E-state index in [-0.39, 0.29) is 11.1 Å². The van der Waals surface area contributed by atoms with Gasteiger partial charge in [-0.2, -0.15) is 0 Å². The Morgan fingerprint density at radius 2 is 0.765 bits per heavy atom. The summed E-state index contributed by atoms with van der Waals surface area (Å²) in [7, 11) is 2.87. The maximum Gasteiger partial charge on any atom is 0.328 e. The quantitative estimate of drug-likeness (QED) is 0.315. The second kappa shape index (κ2) is 8.30. The Balaban J connectivity index is 1.61. The summed E-state index contributed by atoms with van der Waals surface area (Å²) in [6, 6.07) is -1.80. The van der Waals surface area contributed by atoms with Crippen molar-refractivity contribution < 1.29 is 38.2 Å². The first-order chi connectivity index (χ1) is 16.2. The van der Waals surface area contributed by atoms with Gasteiger partial charge in [-0.05, 0) is 0 Å². The van der Waals surface area contributed by atoms with Crippen LogP contribution in [0.1, 0.15) is 0 Å². The fourth-order valence-electron chi connectivity index (χ4n) is 3.28. The van der Waals surface area contributed by atoms with Crippen LogP contribution in [0.2, 0.25) is 0 Å². The van der Waals surface area contributed by atoms with Crippen LogP contribution in [0.4, 0.5) is 9.59 Å². The summed E-state index contributed by atoms with van der Waals surface area (Å²) in [6.45, 7) is 0. The Bertz CT molecular complexity index is 1170. The molecule has 34 heavy (non-hydrogen) atoms. The van der Waals surface area contributed by atoms with Gasteiger partial charge in [0.05, 0.1) is 42.3 Å². The smallest absolute Gasteiger partial charge is 0.328 e. The molecule has 4 aliphatic heterocycles. The molecule has 0 spiro atoms. The highest BCUT2D eigenvalue weighted by molar-refractivity contribution is 8.26. The van der Waals surface area contributed by atoms with E-state index in [1.165, 1.54) is 14.2 Å². The number of nitrogens with one attached hydrogen (secondary N) is 4. The predicted octanol–water partition coefficient (Wildman–Crippen LogP) is 1.25. The average molecular weight is 539 g/mol. The van der Waals surface area contributed by atoms with Crippen LogP contribution >= 0.6 is 47.0 Å². The summed E-state index contributed by atoms with van der Waals surface area (Å²) < 4.78 is 11.9. The van der Waals surface area contributed by atoms with E-state index in [0.717, 1.165) is 47.0 Å². The number of carbonyl (C=O) groups is 6. The number of amides is 8. The van der Waals surface area contributed by atoms with Crippen molar-refractivity contribution in [3.63, 3.8) is 0 Å². The van der Waals surface area contributed by atoms with Crippen molar-refractivity contribution in [2.24, 2.45) is 0 Å². The second-order valence-corrected chi connectivity index (χ2v) is 11.2. The molecule has 0 aliphatic carbocycles. The average Bonchev–Trinajstić information content (AvgIpc) is 3.35. The number of imide groups is 4. The topological polar surface area (TPSA) is 169 Å². The third kappa shape index (κ3) is 3.44. The van der Waals surface area contributed by atoms with E-state index >= 15 is 0 Å². The number of urea groups is 2. The number of benzene rings is 1. The van der Waals surface area contributed by atoms with Gasteiger partial charge in [-0.15, -0.1) is 0 Å². The Labute approximate surface area is 206 Å². The lowest BCUT2D eigenvalue weighted by Gasteiger charge is -2.15. The van der Waals surface area contributed by atoms with Gasteiger partial charge in [-0.3, -0.25) is 40.4 Å². The van der Waals surface area contributed by atoms with Crippen molar-refractivity contribution in [1.82, 2.24) is 21.3 Å². The Morgan fingerprint density at radius 1 is 0.500 bits per heavy atom. The fourth-order valence-corrected chi connectivity index (χ4v) is 8.99. The number of hydrogen-bond acceptors (Lipinski definition) is 12. The minimum atomic E-state index is -0.898. The van der Waals surface area contributed by atoms with Crippen molar-refractivity contribution in [2.45, 2.75) is 19.6 Å². The van der Waals surface area contributed by atoms with Crippen LogP contribution in [0.5, 0.6) is 11.5 Å². The monoisotopic (exact) mass is 538 g/mol. The molecular formula is C18H10N4O8S4. The molecule has 174 valence electrons. The van der Waals surface area contributed by atoms with Gasteiger partial charge < -0.3 is 9.47 Å². The first-order valence-electron chi connectivity index (χ1n) is 9.08. The van der Waals surface area contributed by atoms with Gasteiger partial charge in [0, 0.05) is 0 Å².